The lowest BCUT2D eigenvalue weighted by Gasteiger charge is -2.52. The van der Waals surface area contributed by atoms with Gasteiger partial charge in [0.05, 0.1) is 30.4 Å². The first-order chi connectivity index (χ1) is 17.7. The van der Waals surface area contributed by atoms with Crippen LogP contribution in [0, 0.1) is 11.8 Å². The van der Waals surface area contributed by atoms with Gasteiger partial charge in [0.25, 0.3) is 0 Å². The lowest BCUT2D eigenvalue weighted by Crippen LogP contribution is -2.65. The van der Waals surface area contributed by atoms with Crippen LogP contribution in [-0.4, -0.2) is 95.4 Å². The first-order valence-electron chi connectivity index (χ1n) is 12.9. The number of hydrogen-bond donors (Lipinski definition) is 1. The van der Waals surface area contributed by atoms with E-state index in [2.05, 4.69) is 12.2 Å². The maximum atomic E-state index is 12.6. The normalized spacial score (nSPS) is 39.5. The van der Waals surface area contributed by atoms with Crippen LogP contribution in [-0.2, 0) is 37.9 Å². The monoisotopic (exact) mass is 523 g/mol. The smallest absolute Gasteiger partial charge is 0.338 e. The van der Waals surface area contributed by atoms with E-state index < -0.39 is 36.5 Å². The minimum Gasteiger partial charge on any atom is -0.459 e. The van der Waals surface area contributed by atoms with Gasteiger partial charge in [-0.25, -0.2) is 4.79 Å². The topological polar surface area (TPSA) is 103 Å². The Kier molecular flexibility index (Phi) is 9.24. The van der Waals surface area contributed by atoms with E-state index in [1.54, 1.807) is 38.5 Å². The van der Waals surface area contributed by atoms with Crippen molar-refractivity contribution in [2.45, 2.75) is 82.6 Å². The van der Waals surface area contributed by atoms with E-state index in [9.17, 15) is 4.79 Å². The SMILES string of the molecule is CNC1[C@@H](OC)OC(COC(=O)c2ccccc2)[C@@H](O[C@@H]2OC3COC(C)(C)O[C@H]3[C@@H](OC)C2C)[C@@H]1C. The molecule has 0 saturated carbocycles. The van der Waals surface area contributed by atoms with Gasteiger partial charge in [-0.3, -0.25) is 0 Å². The van der Waals surface area contributed by atoms with Crippen molar-refractivity contribution < 1.29 is 42.7 Å². The highest BCUT2D eigenvalue weighted by Gasteiger charge is 2.53. The van der Waals surface area contributed by atoms with E-state index in [-0.39, 0.29) is 42.8 Å². The zero-order valence-corrected chi connectivity index (χ0v) is 22.7. The third-order valence-corrected chi connectivity index (χ3v) is 7.53. The predicted molar refractivity (Wildman–Crippen MR) is 133 cm³/mol. The van der Waals surface area contributed by atoms with Crippen LogP contribution < -0.4 is 5.32 Å². The quantitative estimate of drug-likeness (QED) is 0.511. The third-order valence-electron chi connectivity index (χ3n) is 7.53. The van der Waals surface area contributed by atoms with Gasteiger partial charge in [0.2, 0.25) is 0 Å². The molecule has 1 N–H and O–H groups in total. The molecule has 0 spiro atoms. The second-order valence-corrected chi connectivity index (χ2v) is 10.4. The molecule has 3 fully saturated rings. The Morgan fingerprint density at radius 2 is 1.76 bits per heavy atom. The van der Waals surface area contributed by atoms with Crippen molar-refractivity contribution in [3.05, 3.63) is 35.9 Å². The summed E-state index contributed by atoms with van der Waals surface area (Å²) in [4.78, 5) is 12.6. The molecule has 4 rings (SSSR count). The van der Waals surface area contributed by atoms with Gasteiger partial charge in [0.1, 0.15) is 24.9 Å². The van der Waals surface area contributed by atoms with Gasteiger partial charge in [0.15, 0.2) is 18.4 Å². The summed E-state index contributed by atoms with van der Waals surface area (Å²) in [5, 5.41) is 3.28. The van der Waals surface area contributed by atoms with Crippen molar-refractivity contribution in [3.8, 4) is 0 Å². The summed E-state index contributed by atoms with van der Waals surface area (Å²) in [6.45, 7) is 8.22. The fraction of sp³-hybridized carbons (Fsp3) is 0.741. The van der Waals surface area contributed by atoms with Crippen LogP contribution in [0.3, 0.4) is 0 Å². The summed E-state index contributed by atoms with van der Waals surface area (Å²) in [7, 11) is 5.12. The molecular formula is C27H41NO9. The average Bonchev–Trinajstić information content (AvgIpc) is 2.89. The van der Waals surface area contributed by atoms with Gasteiger partial charge in [-0.15, -0.1) is 0 Å². The number of esters is 1. The molecular weight excluding hydrogens is 482 g/mol. The van der Waals surface area contributed by atoms with E-state index in [1.165, 1.54) is 0 Å². The molecule has 10 heteroatoms. The highest BCUT2D eigenvalue weighted by molar-refractivity contribution is 5.89. The molecule has 0 aromatic heterocycles. The summed E-state index contributed by atoms with van der Waals surface area (Å²) < 4.78 is 48.4. The van der Waals surface area contributed by atoms with Crippen molar-refractivity contribution in [2.24, 2.45) is 11.8 Å². The highest BCUT2D eigenvalue weighted by atomic mass is 16.8. The molecule has 208 valence electrons. The zero-order chi connectivity index (χ0) is 26.7. The Hall–Kier alpha value is -1.63. The first kappa shape index (κ1) is 28.4. The van der Waals surface area contributed by atoms with Crippen LogP contribution in [0.4, 0.5) is 0 Å². The number of nitrogens with one attached hydrogen (secondary N) is 1. The Morgan fingerprint density at radius 3 is 2.41 bits per heavy atom. The van der Waals surface area contributed by atoms with Gasteiger partial charge >= 0.3 is 5.97 Å². The van der Waals surface area contributed by atoms with Crippen molar-refractivity contribution >= 4 is 5.97 Å². The largest absolute Gasteiger partial charge is 0.459 e. The van der Waals surface area contributed by atoms with Gasteiger partial charge in [0, 0.05) is 26.1 Å². The van der Waals surface area contributed by atoms with Crippen molar-refractivity contribution in [3.63, 3.8) is 0 Å². The Bertz CT molecular complexity index is 884. The van der Waals surface area contributed by atoms with Crippen LogP contribution in [0.5, 0.6) is 0 Å². The number of fused-ring (bicyclic) bond motifs is 1. The standard InChI is InChI=1S/C27H41NO9/c1-15-20(28-5)26(31-7)35-18(13-32-24(29)17-11-9-8-10-12-17)21(15)36-25-16(2)22(30-6)23-19(34-25)14-33-27(3,4)37-23/h8-12,15-16,18-23,25-26,28H,13-14H2,1-7H3/t15-,16?,18?,19?,20?,21+,22+,23-,25+,26+/m1/s1. The molecule has 10 nitrogen and oxygen atoms in total. The average molecular weight is 524 g/mol. The molecule has 3 heterocycles. The number of benzene rings is 1. The zero-order valence-electron chi connectivity index (χ0n) is 22.7. The maximum absolute atomic E-state index is 12.6. The molecule has 0 aliphatic carbocycles. The molecule has 3 aliphatic rings. The number of rotatable bonds is 8. The number of likely N-dealkylation sites (N-methyl/N-ethyl adjacent to an activating group) is 1. The van der Waals surface area contributed by atoms with E-state index in [4.69, 9.17) is 37.9 Å². The van der Waals surface area contributed by atoms with Crippen molar-refractivity contribution in [1.82, 2.24) is 5.32 Å². The van der Waals surface area contributed by atoms with Crippen molar-refractivity contribution in [1.29, 1.82) is 0 Å². The molecule has 1 aromatic carbocycles. The van der Waals surface area contributed by atoms with Crippen molar-refractivity contribution in [2.75, 3.05) is 34.5 Å². The van der Waals surface area contributed by atoms with Gasteiger partial charge in [-0.2, -0.15) is 0 Å². The van der Waals surface area contributed by atoms with Crippen LogP contribution in [0.15, 0.2) is 30.3 Å². The van der Waals surface area contributed by atoms with Gasteiger partial charge in [-0.1, -0.05) is 32.0 Å². The number of methoxy groups -OCH3 is 2. The molecule has 3 aliphatic heterocycles. The molecule has 3 saturated heterocycles. The fourth-order valence-corrected chi connectivity index (χ4v) is 5.51. The Morgan fingerprint density at radius 1 is 1.03 bits per heavy atom. The van der Waals surface area contributed by atoms with E-state index >= 15 is 0 Å². The van der Waals surface area contributed by atoms with Crippen LogP contribution in [0.1, 0.15) is 38.1 Å². The number of carbonyl (C=O) groups excluding carboxylic acids is 1. The number of carbonyl (C=O) groups is 1. The second kappa shape index (κ2) is 12.0. The highest BCUT2D eigenvalue weighted by Crippen LogP contribution is 2.39. The Labute approximate surface area is 219 Å². The molecule has 10 atom stereocenters. The molecule has 1 aromatic rings. The summed E-state index contributed by atoms with van der Waals surface area (Å²) in [5.41, 5.74) is 0.471. The minimum atomic E-state index is -0.719. The van der Waals surface area contributed by atoms with Crippen LogP contribution in [0.25, 0.3) is 0 Å². The molecule has 0 bridgehead atoms. The molecule has 0 radical (unpaired) electrons. The van der Waals surface area contributed by atoms with Crippen LogP contribution in [0.2, 0.25) is 0 Å². The van der Waals surface area contributed by atoms with E-state index in [0.29, 0.717) is 12.2 Å². The summed E-state index contributed by atoms with van der Waals surface area (Å²) >= 11 is 0. The molecule has 0 amide bonds. The molecule has 37 heavy (non-hydrogen) atoms. The lowest BCUT2D eigenvalue weighted by molar-refractivity contribution is -0.388. The number of ether oxygens (including phenoxy) is 8. The summed E-state index contributed by atoms with van der Waals surface area (Å²) in [6, 6.07) is 8.71. The van der Waals surface area contributed by atoms with Gasteiger partial charge < -0.3 is 43.2 Å². The summed E-state index contributed by atoms with van der Waals surface area (Å²) in [6.07, 6.45) is -3.08. The van der Waals surface area contributed by atoms with Crippen LogP contribution >= 0.6 is 0 Å². The number of hydrogen-bond acceptors (Lipinski definition) is 10. The lowest BCUT2D eigenvalue weighted by atomic mass is 9.87. The third kappa shape index (κ3) is 6.17. The fourth-order valence-electron chi connectivity index (χ4n) is 5.51. The maximum Gasteiger partial charge on any atom is 0.338 e. The minimum absolute atomic E-state index is 0.000299. The Balaban J connectivity index is 1.51. The second-order valence-electron chi connectivity index (χ2n) is 10.4. The van der Waals surface area contributed by atoms with E-state index in [1.807, 2.05) is 33.9 Å². The first-order valence-corrected chi connectivity index (χ1v) is 12.9. The molecule has 4 unspecified atom stereocenters. The van der Waals surface area contributed by atoms with Gasteiger partial charge in [-0.05, 0) is 33.0 Å². The summed E-state index contributed by atoms with van der Waals surface area (Å²) in [5.74, 6) is -1.35. The predicted octanol–water partition coefficient (Wildman–Crippen LogP) is 2.35. The van der Waals surface area contributed by atoms with E-state index in [0.717, 1.165) is 0 Å².